The number of benzene rings is 1. The molecule has 2 aromatic heterocycles. The van der Waals surface area contributed by atoms with Gasteiger partial charge in [0.1, 0.15) is 29.1 Å². The van der Waals surface area contributed by atoms with E-state index in [1.807, 2.05) is 31.3 Å². The summed E-state index contributed by atoms with van der Waals surface area (Å²) in [6.07, 6.45) is -1.70. The molecule has 0 saturated carbocycles. The summed E-state index contributed by atoms with van der Waals surface area (Å²) < 4.78 is 25.9. The van der Waals surface area contributed by atoms with Crippen LogP contribution in [0.4, 0.5) is 0 Å². The Hall–Kier alpha value is -2.08. The molecular weight excluding hydrogens is 432 g/mol. The first-order chi connectivity index (χ1) is 14.6. The van der Waals surface area contributed by atoms with Gasteiger partial charge in [-0.25, -0.2) is 0 Å². The zero-order valence-corrected chi connectivity index (χ0v) is 17.4. The van der Waals surface area contributed by atoms with Crippen LogP contribution >= 0.6 is 23.5 Å². The van der Waals surface area contributed by atoms with Crippen molar-refractivity contribution in [2.24, 2.45) is 0 Å². The van der Waals surface area contributed by atoms with Gasteiger partial charge in [0.15, 0.2) is 11.8 Å². The molecule has 158 valence electrons. The van der Waals surface area contributed by atoms with Gasteiger partial charge < -0.3 is 29.0 Å². The number of aliphatic hydroxyl groups is 1. The van der Waals surface area contributed by atoms with Gasteiger partial charge in [-0.1, -0.05) is 11.6 Å². The Kier molecular flexibility index (Phi) is 5.44. The van der Waals surface area contributed by atoms with Gasteiger partial charge in [0.2, 0.25) is 5.88 Å². The number of pyridine rings is 1. The van der Waals surface area contributed by atoms with Crippen molar-refractivity contribution in [1.29, 1.82) is 0 Å². The topological polar surface area (TPSA) is 111 Å². The summed E-state index contributed by atoms with van der Waals surface area (Å²) in [4.78, 5) is 12.9. The first-order valence-corrected chi connectivity index (χ1v) is 10.6. The monoisotopic (exact) mass is 450 g/mol. The number of ether oxygens (including phenoxy) is 4. The molecule has 2 aliphatic heterocycles. The number of imidazole rings is 1. The number of H-pyrrole nitrogens is 1. The van der Waals surface area contributed by atoms with Crippen LogP contribution in [-0.4, -0.2) is 64.7 Å². The van der Waals surface area contributed by atoms with Gasteiger partial charge in [-0.2, -0.15) is 9.97 Å². The number of rotatable bonds is 6. The maximum atomic E-state index is 9.85. The van der Waals surface area contributed by atoms with Gasteiger partial charge in [0, 0.05) is 4.90 Å². The van der Waals surface area contributed by atoms with Gasteiger partial charge in [-0.3, -0.25) is 4.72 Å². The number of aromatic amines is 1. The van der Waals surface area contributed by atoms with Crippen LogP contribution in [0, 0.1) is 0 Å². The average Bonchev–Trinajstić information content (AvgIpc) is 3.41. The molecule has 3 aromatic rings. The predicted octanol–water partition coefficient (Wildman–Crippen LogP) is 2.54. The van der Waals surface area contributed by atoms with Crippen molar-refractivity contribution >= 4 is 34.7 Å². The number of fused-ring (bicyclic) bond motifs is 2. The molecule has 11 heteroatoms. The quantitative estimate of drug-likeness (QED) is 0.488. The van der Waals surface area contributed by atoms with Gasteiger partial charge >= 0.3 is 0 Å². The summed E-state index contributed by atoms with van der Waals surface area (Å²) in [6.45, 7) is 0.551. The molecule has 9 nitrogen and oxygen atoms in total. The van der Waals surface area contributed by atoms with E-state index in [0.717, 1.165) is 4.90 Å². The fourth-order valence-corrected chi connectivity index (χ4v) is 4.20. The van der Waals surface area contributed by atoms with E-state index >= 15 is 0 Å². The van der Waals surface area contributed by atoms with Crippen molar-refractivity contribution in [3.8, 4) is 17.6 Å². The molecule has 5 rings (SSSR count). The summed E-state index contributed by atoms with van der Waals surface area (Å²) in [7, 11) is 1.86. The van der Waals surface area contributed by atoms with E-state index in [1.165, 1.54) is 11.9 Å². The maximum absolute atomic E-state index is 9.85. The molecule has 30 heavy (non-hydrogen) atoms. The average molecular weight is 451 g/mol. The van der Waals surface area contributed by atoms with Crippen molar-refractivity contribution in [2.45, 2.75) is 29.3 Å². The lowest BCUT2D eigenvalue weighted by Gasteiger charge is -2.15. The number of hydrogen-bond acceptors (Lipinski definition) is 9. The van der Waals surface area contributed by atoms with Gasteiger partial charge in [-0.15, -0.1) is 0 Å². The molecular formula is C19H19ClN4O5S. The van der Waals surface area contributed by atoms with E-state index in [2.05, 4.69) is 19.7 Å². The second-order valence-corrected chi connectivity index (χ2v) is 8.38. The molecule has 0 unspecified atom stereocenters. The highest BCUT2D eigenvalue weighted by Gasteiger charge is 2.48. The zero-order chi connectivity index (χ0) is 20.7. The lowest BCUT2D eigenvalue weighted by molar-refractivity contribution is 0.00706. The summed E-state index contributed by atoms with van der Waals surface area (Å²) in [5.41, 5.74) is 1.03. The predicted molar refractivity (Wildman–Crippen MR) is 110 cm³/mol. The van der Waals surface area contributed by atoms with E-state index < -0.39 is 6.10 Å². The van der Waals surface area contributed by atoms with Crippen LogP contribution in [0.5, 0.6) is 17.6 Å². The highest BCUT2D eigenvalue weighted by molar-refractivity contribution is 7.97. The van der Waals surface area contributed by atoms with E-state index in [0.29, 0.717) is 28.5 Å². The third-order valence-corrected chi connectivity index (χ3v) is 5.86. The molecule has 1 aromatic carbocycles. The van der Waals surface area contributed by atoms with Crippen molar-refractivity contribution in [3.63, 3.8) is 0 Å². The number of nitrogens with zero attached hydrogens (tertiary/aromatic N) is 2. The van der Waals surface area contributed by atoms with Crippen molar-refractivity contribution in [1.82, 2.24) is 19.7 Å². The molecule has 0 amide bonds. The second kappa shape index (κ2) is 8.22. The van der Waals surface area contributed by atoms with Crippen LogP contribution in [0.2, 0.25) is 5.02 Å². The fraction of sp³-hybridized carbons (Fsp3) is 0.368. The summed E-state index contributed by atoms with van der Waals surface area (Å²) in [5.74, 6) is 0.866. The van der Waals surface area contributed by atoms with Gasteiger partial charge in [0.05, 0.1) is 18.7 Å². The molecule has 4 heterocycles. The van der Waals surface area contributed by atoms with E-state index in [1.54, 1.807) is 6.07 Å². The molecule has 4 atom stereocenters. The molecule has 2 fully saturated rings. The maximum Gasteiger partial charge on any atom is 0.296 e. The largest absolute Gasteiger partial charge is 0.456 e. The standard InChI is InChI=1S/C19H19ClN4O5S/c1-21-30-10-4-2-9(3-5-10)28-18-11(20)6-12-17(23-18)24-19(22-12)29-14-8-27-15-13(25)7-26-16(14)15/h2-6,13-16,21,25H,7-8H2,1H3,(H,22,23,24)/t13-,14-,15-,16-/m1/s1. The minimum atomic E-state index is -0.634. The number of hydrogen-bond donors (Lipinski definition) is 3. The summed E-state index contributed by atoms with van der Waals surface area (Å²) >= 11 is 7.85. The Morgan fingerprint density at radius 3 is 2.80 bits per heavy atom. The summed E-state index contributed by atoms with van der Waals surface area (Å²) in [5, 5.41) is 10.2. The Labute approximate surface area is 181 Å². The lowest BCUT2D eigenvalue weighted by atomic mass is 10.1. The van der Waals surface area contributed by atoms with Crippen LogP contribution in [-0.2, 0) is 9.47 Å². The Bertz CT molecular complexity index is 1050. The lowest BCUT2D eigenvalue weighted by Crippen LogP contribution is -2.34. The number of aliphatic hydroxyl groups excluding tert-OH is 1. The van der Waals surface area contributed by atoms with E-state index in [4.69, 9.17) is 30.5 Å². The smallest absolute Gasteiger partial charge is 0.296 e. The van der Waals surface area contributed by atoms with Crippen LogP contribution in [0.3, 0.4) is 0 Å². The highest BCUT2D eigenvalue weighted by Crippen LogP contribution is 2.33. The molecule has 0 spiro atoms. The molecule has 3 N–H and O–H groups in total. The van der Waals surface area contributed by atoms with Crippen molar-refractivity contribution in [3.05, 3.63) is 35.4 Å². The van der Waals surface area contributed by atoms with Gasteiger partial charge in [0.25, 0.3) is 6.01 Å². The first kappa shape index (κ1) is 19.9. The number of aromatic nitrogens is 3. The highest BCUT2D eigenvalue weighted by atomic mass is 35.5. The molecule has 0 radical (unpaired) electrons. The van der Waals surface area contributed by atoms with Crippen LogP contribution in [0.1, 0.15) is 0 Å². The zero-order valence-electron chi connectivity index (χ0n) is 15.9. The molecule has 2 aliphatic rings. The van der Waals surface area contributed by atoms with Crippen LogP contribution < -0.4 is 14.2 Å². The second-order valence-electron chi connectivity index (χ2n) is 6.89. The molecule has 0 bridgehead atoms. The minimum Gasteiger partial charge on any atom is -0.456 e. The Balaban J connectivity index is 1.33. The first-order valence-electron chi connectivity index (χ1n) is 9.36. The number of halogens is 1. The summed E-state index contributed by atoms with van der Waals surface area (Å²) in [6, 6.07) is 9.51. The Morgan fingerprint density at radius 2 is 2.00 bits per heavy atom. The number of nitrogens with one attached hydrogen (secondary N) is 2. The van der Waals surface area contributed by atoms with Crippen LogP contribution in [0.25, 0.3) is 11.2 Å². The Morgan fingerprint density at radius 1 is 1.20 bits per heavy atom. The molecule has 2 saturated heterocycles. The van der Waals surface area contributed by atoms with E-state index in [-0.39, 0.29) is 36.8 Å². The van der Waals surface area contributed by atoms with Gasteiger partial charge in [-0.05, 0) is 49.3 Å². The van der Waals surface area contributed by atoms with Crippen molar-refractivity contribution in [2.75, 3.05) is 20.3 Å². The minimum absolute atomic E-state index is 0.238. The van der Waals surface area contributed by atoms with Crippen molar-refractivity contribution < 1.29 is 24.1 Å². The third kappa shape index (κ3) is 3.82. The molecule has 0 aliphatic carbocycles. The normalized spacial score (nSPS) is 25.6. The fourth-order valence-electron chi connectivity index (χ4n) is 3.50. The van der Waals surface area contributed by atoms with Crippen LogP contribution in [0.15, 0.2) is 35.2 Å². The van der Waals surface area contributed by atoms with E-state index in [9.17, 15) is 5.11 Å². The third-order valence-electron chi connectivity index (χ3n) is 4.88. The SMILES string of the molecule is CNSc1ccc(Oc2nc3nc(O[C@@H]4CO[C@H]5[C@@H]4OC[C@H]5O)[nH]c3cc2Cl)cc1.